The molecule has 0 radical (unpaired) electrons. The molecule has 0 saturated carbocycles. The third kappa shape index (κ3) is 6.48. The summed E-state index contributed by atoms with van der Waals surface area (Å²) in [6.45, 7) is 11.9. The monoisotopic (exact) mass is 718 g/mol. The molecule has 3 aromatic heterocycles. The average Bonchev–Trinajstić information content (AvgIpc) is 3.75. The van der Waals surface area contributed by atoms with Gasteiger partial charge in [0.05, 0.1) is 39.7 Å². The molecule has 0 spiro atoms. The maximum Gasteiger partial charge on any atom is 0.332 e. The summed E-state index contributed by atoms with van der Waals surface area (Å²) in [5.41, 5.74) is 14.5. The molecule has 13 nitrogen and oxygen atoms in total. The molecular formula is C40H42N6O7. The number of aliphatic carboxylic acids is 3. The molecule has 274 valence electrons. The molecule has 0 fully saturated rings. The first-order chi connectivity index (χ1) is 25.2. The van der Waals surface area contributed by atoms with Gasteiger partial charge >= 0.3 is 17.9 Å². The van der Waals surface area contributed by atoms with Crippen molar-refractivity contribution in [2.75, 3.05) is 13.1 Å². The van der Waals surface area contributed by atoms with Crippen molar-refractivity contribution in [2.24, 2.45) is 11.7 Å². The third-order valence-corrected chi connectivity index (χ3v) is 10.6. The van der Waals surface area contributed by atoms with Crippen LogP contribution in [0.2, 0.25) is 0 Å². The highest BCUT2D eigenvalue weighted by Crippen LogP contribution is 2.52. The SMILES string of the molecule is C=Cc1c(C)c2cc3nc(cc4[nH]c(cc5nc(cc1[nH]2)C(C)=C5CCC(=O)O)c(CCC(=O)O)c4C)C1(C)C3=CC=C(C(=O)O)C1C(=O)NCCN. The van der Waals surface area contributed by atoms with Crippen LogP contribution in [0, 0.1) is 19.8 Å². The van der Waals surface area contributed by atoms with Crippen molar-refractivity contribution in [2.45, 2.75) is 58.8 Å². The highest BCUT2D eigenvalue weighted by molar-refractivity contribution is 6.02. The summed E-state index contributed by atoms with van der Waals surface area (Å²) in [5, 5.41) is 32.4. The number of amides is 1. The Kier molecular flexibility index (Phi) is 9.80. The largest absolute Gasteiger partial charge is 0.481 e. The van der Waals surface area contributed by atoms with Crippen LogP contribution < -0.4 is 11.1 Å². The number of carboxylic acid groups (broad SMARTS) is 3. The summed E-state index contributed by atoms with van der Waals surface area (Å²) >= 11 is 0. The van der Waals surface area contributed by atoms with E-state index in [4.69, 9.17) is 15.7 Å². The number of aryl methyl sites for hydroxylation is 3. The van der Waals surface area contributed by atoms with Crippen molar-refractivity contribution >= 4 is 68.7 Å². The molecule has 8 bridgehead atoms. The predicted molar refractivity (Wildman–Crippen MR) is 202 cm³/mol. The van der Waals surface area contributed by atoms with E-state index in [2.05, 4.69) is 21.9 Å². The van der Waals surface area contributed by atoms with Crippen LogP contribution >= 0.6 is 0 Å². The number of fused-ring (bicyclic) bond motifs is 11. The molecule has 2 atom stereocenters. The number of nitrogens with zero attached hydrogens (tertiary/aromatic N) is 2. The van der Waals surface area contributed by atoms with Gasteiger partial charge in [0.1, 0.15) is 0 Å². The van der Waals surface area contributed by atoms with Crippen molar-refractivity contribution < 1.29 is 34.5 Å². The summed E-state index contributed by atoms with van der Waals surface area (Å²) in [6, 6.07) is 7.38. The Balaban J connectivity index is 1.77. The number of carbonyl (C=O) groups excluding carboxylic acids is 1. The number of allylic oxidation sites excluding steroid dienone is 5. The molecule has 1 aliphatic carbocycles. The van der Waals surface area contributed by atoms with Crippen LogP contribution in [-0.4, -0.2) is 72.2 Å². The lowest BCUT2D eigenvalue weighted by molar-refractivity contribution is -0.137. The van der Waals surface area contributed by atoms with E-state index in [0.717, 1.165) is 44.4 Å². The van der Waals surface area contributed by atoms with Gasteiger partial charge in [-0.3, -0.25) is 19.4 Å². The predicted octanol–water partition coefficient (Wildman–Crippen LogP) is 5.44. The number of carboxylic acids is 3. The number of aromatic amines is 2. The lowest BCUT2D eigenvalue weighted by atomic mass is 9.64. The van der Waals surface area contributed by atoms with Crippen LogP contribution in [0.1, 0.15) is 78.1 Å². The van der Waals surface area contributed by atoms with Gasteiger partial charge in [-0.25, -0.2) is 9.78 Å². The van der Waals surface area contributed by atoms with Gasteiger partial charge in [-0.05, 0) is 98.2 Å². The Morgan fingerprint density at radius 1 is 0.868 bits per heavy atom. The molecule has 0 aromatic carbocycles. The summed E-state index contributed by atoms with van der Waals surface area (Å²) in [6.07, 6.45) is 5.05. The van der Waals surface area contributed by atoms with Crippen LogP contribution in [0.25, 0.3) is 44.9 Å². The van der Waals surface area contributed by atoms with Gasteiger partial charge in [0.15, 0.2) is 0 Å². The summed E-state index contributed by atoms with van der Waals surface area (Å²) in [4.78, 5) is 67.1. The number of nitrogens with one attached hydrogen (secondary N) is 3. The molecule has 8 N–H and O–H groups in total. The van der Waals surface area contributed by atoms with E-state index in [1.807, 2.05) is 45.9 Å². The van der Waals surface area contributed by atoms with Gasteiger partial charge in [0.2, 0.25) is 5.91 Å². The maximum atomic E-state index is 13.9. The van der Waals surface area contributed by atoms with Crippen molar-refractivity contribution in [3.8, 4) is 0 Å². The standard InChI is InChI=1S/C40H42N6O7/c1-6-22-19(2)28-16-33-26-10-7-25(39(52)53)37(38(51)42-14-13-41)40(26,5)34(46-33)18-29-21(4)24(9-12-36(49)50)32(45-29)17-31-23(8-11-35(47)48)20(3)27(44-31)15-30(22)43-28/h6-7,10,15-18,37,43,45H,1,8-9,11-14,41H2,2-5H3,(H,42,51)(H,47,48)(H,49,50)(H,52,53). The first-order valence-electron chi connectivity index (χ1n) is 17.3. The van der Waals surface area contributed by atoms with Crippen LogP contribution in [0.15, 0.2) is 48.6 Å². The molecule has 2 unspecified atom stereocenters. The quantitative estimate of drug-likeness (QED) is 0.133. The highest BCUT2D eigenvalue weighted by Gasteiger charge is 2.52. The molecule has 53 heavy (non-hydrogen) atoms. The number of hydrogen-bond donors (Lipinski definition) is 7. The summed E-state index contributed by atoms with van der Waals surface area (Å²) in [7, 11) is 0. The second kappa shape index (κ2) is 14.2. The molecule has 13 heteroatoms. The van der Waals surface area contributed by atoms with E-state index in [9.17, 15) is 34.5 Å². The van der Waals surface area contributed by atoms with Gasteiger partial charge in [-0.2, -0.15) is 0 Å². The van der Waals surface area contributed by atoms with Crippen molar-refractivity contribution in [1.82, 2.24) is 25.3 Å². The Morgan fingerprint density at radius 3 is 2.17 bits per heavy atom. The lowest BCUT2D eigenvalue weighted by Crippen LogP contribution is -2.47. The van der Waals surface area contributed by atoms with Gasteiger partial charge in [0.25, 0.3) is 0 Å². The minimum Gasteiger partial charge on any atom is -0.481 e. The molecule has 3 aliphatic rings. The fraction of sp³-hybridized carbons (Fsp3) is 0.300. The molecule has 6 rings (SSSR count). The number of aromatic nitrogens is 4. The zero-order valence-electron chi connectivity index (χ0n) is 30.0. The van der Waals surface area contributed by atoms with E-state index in [0.29, 0.717) is 39.4 Å². The van der Waals surface area contributed by atoms with Crippen LogP contribution in [0.5, 0.6) is 0 Å². The van der Waals surface area contributed by atoms with Crippen LogP contribution in [-0.2, 0) is 31.0 Å². The number of H-pyrrole nitrogens is 2. The summed E-state index contributed by atoms with van der Waals surface area (Å²) < 4.78 is 0. The van der Waals surface area contributed by atoms with E-state index in [1.54, 1.807) is 18.2 Å². The number of hydrogen-bond acceptors (Lipinski definition) is 7. The Morgan fingerprint density at radius 2 is 1.51 bits per heavy atom. The molecule has 0 saturated heterocycles. The zero-order valence-corrected chi connectivity index (χ0v) is 30.0. The lowest BCUT2D eigenvalue weighted by Gasteiger charge is -2.37. The highest BCUT2D eigenvalue weighted by atomic mass is 16.4. The zero-order chi connectivity index (χ0) is 38.4. The van der Waals surface area contributed by atoms with Crippen molar-refractivity contribution in [3.05, 3.63) is 93.6 Å². The molecular weight excluding hydrogens is 676 g/mol. The third-order valence-electron chi connectivity index (χ3n) is 10.6. The minimum absolute atomic E-state index is 0.0950. The first kappa shape index (κ1) is 36.7. The van der Waals surface area contributed by atoms with Crippen molar-refractivity contribution in [1.29, 1.82) is 0 Å². The minimum atomic E-state index is -1.25. The molecule has 5 heterocycles. The van der Waals surface area contributed by atoms with Gasteiger partial charge in [0, 0.05) is 53.6 Å². The van der Waals surface area contributed by atoms with E-state index >= 15 is 0 Å². The summed E-state index contributed by atoms with van der Waals surface area (Å²) in [5.74, 6) is -4.84. The van der Waals surface area contributed by atoms with Gasteiger partial charge in [-0.15, -0.1) is 0 Å². The second-order valence-electron chi connectivity index (χ2n) is 13.7. The maximum absolute atomic E-state index is 13.9. The number of nitrogens with two attached hydrogens (primary N) is 1. The second-order valence-corrected chi connectivity index (χ2v) is 13.7. The Hall–Kier alpha value is -6.08. The van der Waals surface area contributed by atoms with Gasteiger partial charge in [-0.1, -0.05) is 24.8 Å². The smallest absolute Gasteiger partial charge is 0.332 e. The molecule has 1 amide bonds. The van der Waals surface area contributed by atoms with E-state index in [1.165, 1.54) is 6.08 Å². The van der Waals surface area contributed by atoms with E-state index < -0.39 is 35.1 Å². The van der Waals surface area contributed by atoms with Gasteiger partial charge < -0.3 is 36.3 Å². The Bertz CT molecular complexity index is 2380. The first-order valence-corrected chi connectivity index (χ1v) is 17.3. The average molecular weight is 719 g/mol. The van der Waals surface area contributed by atoms with Crippen LogP contribution in [0.4, 0.5) is 0 Å². The molecule has 3 aromatic rings. The fourth-order valence-electron chi connectivity index (χ4n) is 7.70. The van der Waals surface area contributed by atoms with E-state index in [-0.39, 0.29) is 44.3 Å². The topological polar surface area (TPSA) is 224 Å². The van der Waals surface area contributed by atoms with Crippen molar-refractivity contribution in [3.63, 3.8) is 0 Å². The normalized spacial score (nSPS) is 17.9. The number of rotatable bonds is 11. The molecule has 2 aliphatic heterocycles. The Labute approximate surface area is 305 Å². The number of carbonyl (C=O) groups is 4. The fourth-order valence-corrected chi connectivity index (χ4v) is 7.70. The van der Waals surface area contributed by atoms with Crippen LogP contribution in [0.3, 0.4) is 0 Å².